The van der Waals surface area contributed by atoms with Crippen molar-refractivity contribution < 1.29 is 19.4 Å². The number of carboxylic acid groups (broad SMARTS) is 1. The molecule has 5 aromatic rings. The summed E-state index contributed by atoms with van der Waals surface area (Å²) in [5.41, 5.74) is 4.23. The number of aromatic carboxylic acids is 1. The molecule has 1 aliphatic rings. The molecule has 0 unspecified atom stereocenters. The molecule has 0 saturated carbocycles. The minimum atomic E-state index is -1.06. The number of hydrogen-bond acceptors (Lipinski definition) is 7. The third kappa shape index (κ3) is 5.09. The molecule has 1 saturated heterocycles. The van der Waals surface area contributed by atoms with E-state index in [0.29, 0.717) is 42.4 Å². The number of carboxylic acids is 1. The van der Waals surface area contributed by atoms with Gasteiger partial charge in [0, 0.05) is 30.9 Å². The van der Waals surface area contributed by atoms with Crippen LogP contribution in [0, 0.1) is 0 Å². The number of aromatic nitrogens is 5. The number of nitrogens with zero attached hydrogens (tertiary/aromatic N) is 5. The molecular formula is C29H25N5O4. The highest BCUT2D eigenvalue weighted by atomic mass is 16.5. The van der Waals surface area contributed by atoms with E-state index in [-0.39, 0.29) is 11.8 Å². The second kappa shape index (κ2) is 10.4. The van der Waals surface area contributed by atoms with Crippen LogP contribution in [0.25, 0.3) is 22.6 Å². The van der Waals surface area contributed by atoms with Crippen LogP contribution in [0.4, 0.5) is 0 Å². The monoisotopic (exact) mass is 507 g/mol. The minimum Gasteiger partial charge on any atom is -0.477 e. The summed E-state index contributed by atoms with van der Waals surface area (Å²) in [4.78, 5) is 29.6. The highest BCUT2D eigenvalue weighted by Crippen LogP contribution is 2.24. The average Bonchev–Trinajstić information content (AvgIpc) is 3.26. The molecule has 0 aliphatic carbocycles. The first-order valence-electron chi connectivity index (χ1n) is 12.4. The Labute approximate surface area is 218 Å². The third-order valence-electron chi connectivity index (χ3n) is 6.50. The second-order valence-electron chi connectivity index (χ2n) is 9.13. The number of fused-ring (bicyclic) bond motifs is 1. The smallest absolute Gasteiger partial charge is 0.354 e. The topological polar surface area (TPSA) is 112 Å². The van der Waals surface area contributed by atoms with Gasteiger partial charge in [0.2, 0.25) is 5.88 Å². The van der Waals surface area contributed by atoms with Crippen LogP contribution in [-0.2, 0) is 24.3 Å². The van der Waals surface area contributed by atoms with Crippen molar-refractivity contribution >= 4 is 17.1 Å². The van der Waals surface area contributed by atoms with Crippen LogP contribution in [0.2, 0.25) is 0 Å². The van der Waals surface area contributed by atoms with Gasteiger partial charge in [-0.1, -0.05) is 54.6 Å². The van der Waals surface area contributed by atoms with Gasteiger partial charge in [-0.2, -0.15) is 4.98 Å². The van der Waals surface area contributed by atoms with Crippen LogP contribution in [0.15, 0.2) is 79.0 Å². The van der Waals surface area contributed by atoms with E-state index in [0.717, 1.165) is 35.5 Å². The number of pyridine rings is 1. The fraction of sp³-hybridized carbons (Fsp3) is 0.207. The Morgan fingerprint density at radius 3 is 2.53 bits per heavy atom. The van der Waals surface area contributed by atoms with Crippen LogP contribution < -0.4 is 4.74 Å². The minimum absolute atomic E-state index is 0.000871. The molecule has 38 heavy (non-hydrogen) atoms. The molecule has 6 rings (SSSR count). The van der Waals surface area contributed by atoms with Gasteiger partial charge in [-0.25, -0.2) is 19.7 Å². The molecule has 1 aliphatic heterocycles. The van der Waals surface area contributed by atoms with E-state index in [1.807, 2.05) is 59.2 Å². The zero-order chi connectivity index (χ0) is 25.9. The number of carbonyl (C=O) groups is 1. The van der Waals surface area contributed by atoms with Gasteiger partial charge in [-0.3, -0.25) is 0 Å². The molecule has 4 heterocycles. The molecule has 0 amide bonds. The Morgan fingerprint density at radius 1 is 0.974 bits per heavy atom. The summed E-state index contributed by atoms with van der Waals surface area (Å²) in [5.74, 6) is 0.851. The summed E-state index contributed by atoms with van der Waals surface area (Å²) in [6.07, 6.45) is 3.30. The van der Waals surface area contributed by atoms with Crippen molar-refractivity contribution in [2.45, 2.75) is 32.1 Å². The van der Waals surface area contributed by atoms with E-state index >= 15 is 0 Å². The lowest BCUT2D eigenvalue weighted by molar-refractivity contribution is -0.0590. The van der Waals surface area contributed by atoms with Crippen LogP contribution in [0.1, 0.15) is 33.9 Å². The zero-order valence-electron chi connectivity index (χ0n) is 20.5. The lowest BCUT2D eigenvalue weighted by Gasteiger charge is -2.27. The van der Waals surface area contributed by atoms with Gasteiger partial charge in [0.05, 0.1) is 12.6 Å². The molecule has 0 bridgehead atoms. The normalized spacial score (nSPS) is 14.8. The molecule has 1 N–H and O–H groups in total. The van der Waals surface area contributed by atoms with E-state index in [4.69, 9.17) is 14.5 Å². The predicted octanol–water partition coefficient (Wildman–Crippen LogP) is 4.55. The van der Waals surface area contributed by atoms with Crippen LogP contribution in [-0.4, -0.2) is 48.3 Å². The van der Waals surface area contributed by atoms with E-state index in [1.165, 1.54) is 6.07 Å². The number of benzene rings is 2. The Hall–Kier alpha value is -4.63. The maximum Gasteiger partial charge on any atom is 0.354 e. The number of rotatable bonds is 9. The van der Waals surface area contributed by atoms with Crippen molar-refractivity contribution in [3.05, 3.63) is 102 Å². The van der Waals surface area contributed by atoms with Crippen LogP contribution in [0.3, 0.4) is 0 Å². The van der Waals surface area contributed by atoms with Crippen molar-refractivity contribution in [2.24, 2.45) is 0 Å². The molecule has 3 aromatic heterocycles. The summed E-state index contributed by atoms with van der Waals surface area (Å²) in [5, 5.41) is 9.40. The van der Waals surface area contributed by atoms with E-state index in [2.05, 4.69) is 15.0 Å². The molecular weight excluding hydrogens is 482 g/mol. The highest BCUT2D eigenvalue weighted by Gasteiger charge is 2.23. The number of imidazole rings is 1. The molecule has 9 nitrogen and oxygen atoms in total. The SMILES string of the molecule is O=C(O)c1ccc2nc(Cc3ccc(-c4nccc(OCc5ccccc5)n4)cc3)n(C[C@@H]3CCO3)c2n1. The molecule has 190 valence electrons. The lowest BCUT2D eigenvalue weighted by Crippen LogP contribution is -2.32. The van der Waals surface area contributed by atoms with Crippen molar-refractivity contribution in [3.63, 3.8) is 0 Å². The predicted molar refractivity (Wildman–Crippen MR) is 140 cm³/mol. The highest BCUT2D eigenvalue weighted by molar-refractivity contribution is 5.88. The van der Waals surface area contributed by atoms with Gasteiger partial charge in [-0.05, 0) is 29.7 Å². The summed E-state index contributed by atoms with van der Waals surface area (Å²) in [6, 6.07) is 22.9. The molecule has 1 fully saturated rings. The Morgan fingerprint density at radius 2 is 1.79 bits per heavy atom. The van der Waals surface area contributed by atoms with E-state index in [9.17, 15) is 9.90 Å². The summed E-state index contributed by atoms with van der Waals surface area (Å²) >= 11 is 0. The molecule has 1 atom stereocenters. The van der Waals surface area contributed by atoms with Gasteiger partial charge in [-0.15, -0.1) is 0 Å². The summed E-state index contributed by atoms with van der Waals surface area (Å²) in [7, 11) is 0. The Bertz CT molecular complexity index is 1580. The molecule has 0 spiro atoms. The van der Waals surface area contributed by atoms with Crippen LogP contribution in [0.5, 0.6) is 5.88 Å². The Kier molecular flexibility index (Phi) is 6.49. The first kappa shape index (κ1) is 23.7. The van der Waals surface area contributed by atoms with Crippen molar-refractivity contribution in [3.8, 4) is 17.3 Å². The molecule has 2 aromatic carbocycles. The summed E-state index contributed by atoms with van der Waals surface area (Å²) in [6.45, 7) is 1.76. The third-order valence-corrected chi connectivity index (χ3v) is 6.50. The van der Waals surface area contributed by atoms with Gasteiger partial charge in [0.25, 0.3) is 0 Å². The van der Waals surface area contributed by atoms with Gasteiger partial charge in [0.15, 0.2) is 17.2 Å². The van der Waals surface area contributed by atoms with E-state index < -0.39 is 5.97 Å². The first-order valence-corrected chi connectivity index (χ1v) is 12.4. The fourth-order valence-corrected chi connectivity index (χ4v) is 4.37. The number of hydrogen-bond donors (Lipinski definition) is 1. The van der Waals surface area contributed by atoms with Crippen molar-refractivity contribution in [1.29, 1.82) is 0 Å². The average molecular weight is 508 g/mol. The lowest BCUT2D eigenvalue weighted by atomic mass is 10.1. The number of ether oxygens (including phenoxy) is 2. The standard InChI is InChI=1S/C29H25N5O4/c35-29(36)24-11-10-23-28(32-24)34(17-22-13-15-37-22)25(31-23)16-19-6-8-21(9-7-19)27-30-14-12-26(33-27)38-18-20-4-2-1-3-5-20/h1-12,14,22H,13,15-18H2,(H,35,36)/t22-/m0/s1. The second-order valence-corrected chi connectivity index (χ2v) is 9.13. The van der Waals surface area contributed by atoms with Gasteiger partial charge >= 0.3 is 5.97 Å². The van der Waals surface area contributed by atoms with Crippen LogP contribution >= 0.6 is 0 Å². The fourth-order valence-electron chi connectivity index (χ4n) is 4.37. The van der Waals surface area contributed by atoms with Gasteiger partial charge < -0.3 is 19.1 Å². The first-order chi connectivity index (χ1) is 18.6. The van der Waals surface area contributed by atoms with E-state index in [1.54, 1.807) is 18.3 Å². The maximum atomic E-state index is 11.5. The van der Waals surface area contributed by atoms with Crippen molar-refractivity contribution in [2.75, 3.05) is 6.61 Å². The maximum absolute atomic E-state index is 11.5. The Balaban J connectivity index is 1.21. The molecule has 0 radical (unpaired) electrons. The molecule has 9 heteroatoms. The van der Waals surface area contributed by atoms with Crippen molar-refractivity contribution in [1.82, 2.24) is 24.5 Å². The largest absolute Gasteiger partial charge is 0.477 e. The zero-order valence-corrected chi connectivity index (χ0v) is 20.5. The van der Waals surface area contributed by atoms with Gasteiger partial charge in [0.1, 0.15) is 17.9 Å². The summed E-state index contributed by atoms with van der Waals surface area (Å²) < 4.78 is 13.5. The quantitative estimate of drug-likeness (QED) is 0.309.